The van der Waals surface area contributed by atoms with Crippen molar-refractivity contribution in [2.75, 3.05) is 25.3 Å². The number of benzene rings is 3. The number of anilines is 1. The zero-order valence-corrected chi connectivity index (χ0v) is 19.8. The third-order valence-electron chi connectivity index (χ3n) is 7.07. The van der Waals surface area contributed by atoms with Crippen LogP contribution in [0.15, 0.2) is 79.1 Å². The fourth-order valence-electron chi connectivity index (χ4n) is 5.29. The number of fused-ring (bicyclic) bond motifs is 4. The molecule has 2 aliphatic heterocycles. The third kappa shape index (κ3) is 3.35. The summed E-state index contributed by atoms with van der Waals surface area (Å²) in [5.41, 5.74) is 6.78. The van der Waals surface area contributed by atoms with E-state index in [1.807, 2.05) is 42.7 Å². The van der Waals surface area contributed by atoms with Crippen LogP contribution in [0, 0.1) is 0 Å². The predicted octanol–water partition coefficient (Wildman–Crippen LogP) is 5.51. The lowest BCUT2D eigenvalue weighted by molar-refractivity contribution is 0.174. The molecule has 7 rings (SSSR count). The highest BCUT2D eigenvalue weighted by Crippen LogP contribution is 2.43. The van der Waals surface area contributed by atoms with Gasteiger partial charge in [-0.25, -0.2) is 9.97 Å². The Balaban J connectivity index is 1.31. The number of hydrogen-bond donors (Lipinski definition) is 1. The predicted molar refractivity (Wildman–Crippen MR) is 138 cm³/mol. The van der Waals surface area contributed by atoms with Crippen LogP contribution in [0.3, 0.4) is 0 Å². The van der Waals surface area contributed by atoms with Crippen LogP contribution in [0.5, 0.6) is 17.2 Å². The molecule has 36 heavy (non-hydrogen) atoms. The molecular weight excluding hydrogens is 452 g/mol. The highest BCUT2D eigenvalue weighted by molar-refractivity contribution is 5.86. The van der Waals surface area contributed by atoms with E-state index in [2.05, 4.69) is 46.3 Å². The molecule has 0 spiro atoms. The summed E-state index contributed by atoms with van der Waals surface area (Å²) < 4.78 is 16.5. The molecule has 0 radical (unpaired) electrons. The number of H-pyrrole nitrogens is 1. The largest absolute Gasteiger partial charge is 0.497 e. The molecule has 2 aromatic heterocycles. The Morgan fingerprint density at radius 2 is 1.72 bits per heavy atom. The summed E-state index contributed by atoms with van der Waals surface area (Å²) in [6.45, 7) is 1.05. The summed E-state index contributed by atoms with van der Waals surface area (Å²) >= 11 is 0. The van der Waals surface area contributed by atoms with Crippen molar-refractivity contribution in [3.05, 3.63) is 95.9 Å². The average Bonchev–Trinajstić information content (AvgIpc) is 3.57. The van der Waals surface area contributed by atoms with Crippen molar-refractivity contribution in [3.63, 3.8) is 0 Å². The van der Waals surface area contributed by atoms with Gasteiger partial charge >= 0.3 is 0 Å². The first-order valence-corrected chi connectivity index (χ1v) is 12.0. The fraction of sp³-hybridized carbons (Fsp3) is 0.172. The second-order valence-corrected chi connectivity index (χ2v) is 9.02. The molecule has 1 unspecified atom stereocenters. The van der Waals surface area contributed by atoms with E-state index >= 15 is 0 Å². The highest BCUT2D eigenvalue weighted by Gasteiger charge is 2.34. The van der Waals surface area contributed by atoms with Crippen molar-refractivity contribution in [1.29, 1.82) is 0 Å². The van der Waals surface area contributed by atoms with E-state index in [1.165, 1.54) is 16.6 Å². The van der Waals surface area contributed by atoms with Crippen LogP contribution >= 0.6 is 0 Å². The zero-order chi connectivity index (χ0) is 24.1. The standard InChI is InChI=1S/C29H24N4O3/c1-34-21-9-6-18(7-10-21)20-15-30-29(31-16-20)33-13-12-23-22-4-2-3-5-24(22)32-27(23)28(33)19-8-11-25-26(14-19)36-17-35-25/h2-11,14-16,28,32H,12-13,17H2,1H3. The number of ether oxygens (including phenoxy) is 3. The van der Waals surface area contributed by atoms with Gasteiger partial charge in [-0.3, -0.25) is 0 Å². The van der Waals surface area contributed by atoms with Gasteiger partial charge in [-0.2, -0.15) is 0 Å². The van der Waals surface area contributed by atoms with Gasteiger partial charge in [0.1, 0.15) is 5.75 Å². The van der Waals surface area contributed by atoms with Crippen LogP contribution < -0.4 is 19.1 Å². The monoisotopic (exact) mass is 476 g/mol. The summed E-state index contributed by atoms with van der Waals surface area (Å²) in [7, 11) is 1.67. The molecule has 7 heteroatoms. The first-order valence-electron chi connectivity index (χ1n) is 12.0. The molecule has 1 N–H and O–H groups in total. The summed E-state index contributed by atoms with van der Waals surface area (Å²) in [6.07, 6.45) is 4.69. The fourth-order valence-corrected chi connectivity index (χ4v) is 5.29. The van der Waals surface area contributed by atoms with Crippen LogP contribution in [-0.2, 0) is 6.42 Å². The Bertz CT molecular complexity index is 1560. The minimum absolute atomic E-state index is 0.0810. The lowest BCUT2D eigenvalue weighted by Crippen LogP contribution is -2.37. The molecule has 3 aromatic carbocycles. The number of para-hydroxylation sites is 1. The molecule has 0 amide bonds. The summed E-state index contributed by atoms with van der Waals surface area (Å²) in [6, 6.07) is 22.5. The molecule has 0 saturated heterocycles. The Morgan fingerprint density at radius 3 is 2.56 bits per heavy atom. The van der Waals surface area contributed by atoms with Gasteiger partial charge < -0.3 is 24.1 Å². The highest BCUT2D eigenvalue weighted by atomic mass is 16.7. The molecule has 0 fully saturated rings. The molecule has 0 saturated carbocycles. The Hall–Kier alpha value is -4.52. The second-order valence-electron chi connectivity index (χ2n) is 9.02. The maximum absolute atomic E-state index is 5.71. The van der Waals surface area contributed by atoms with Crippen molar-refractivity contribution in [1.82, 2.24) is 15.0 Å². The Labute approximate surface area is 208 Å². The number of aromatic amines is 1. The summed E-state index contributed by atoms with van der Waals surface area (Å²) in [4.78, 5) is 15.6. The molecule has 0 bridgehead atoms. The van der Waals surface area contributed by atoms with E-state index in [9.17, 15) is 0 Å². The summed E-state index contributed by atoms with van der Waals surface area (Å²) in [5.74, 6) is 3.06. The van der Waals surface area contributed by atoms with Gasteiger partial charge in [0.15, 0.2) is 11.5 Å². The Morgan fingerprint density at radius 1 is 0.917 bits per heavy atom. The lowest BCUT2D eigenvalue weighted by Gasteiger charge is -2.36. The van der Waals surface area contributed by atoms with Crippen LogP contribution in [-0.4, -0.2) is 35.4 Å². The van der Waals surface area contributed by atoms with Crippen LogP contribution in [0.2, 0.25) is 0 Å². The van der Waals surface area contributed by atoms with Crippen LogP contribution in [0.4, 0.5) is 5.95 Å². The molecule has 7 nitrogen and oxygen atoms in total. The van der Waals surface area contributed by atoms with Gasteiger partial charge in [0.05, 0.1) is 13.2 Å². The number of aromatic nitrogens is 3. The number of methoxy groups -OCH3 is 1. The zero-order valence-electron chi connectivity index (χ0n) is 19.8. The molecular formula is C29H24N4O3. The lowest BCUT2D eigenvalue weighted by atomic mass is 9.92. The van der Waals surface area contributed by atoms with E-state index in [-0.39, 0.29) is 12.8 Å². The number of nitrogens with zero attached hydrogens (tertiary/aromatic N) is 3. The SMILES string of the molecule is COc1ccc(-c2cnc(N3CCc4c([nH]c5ccccc45)C3c3ccc4c(c3)OCO4)nc2)cc1. The van der Waals surface area contributed by atoms with Crippen molar-refractivity contribution in [2.45, 2.75) is 12.5 Å². The molecule has 1 atom stereocenters. The van der Waals surface area contributed by atoms with Gasteiger partial charge in [0.2, 0.25) is 12.7 Å². The van der Waals surface area contributed by atoms with E-state index in [4.69, 9.17) is 24.2 Å². The van der Waals surface area contributed by atoms with Gasteiger partial charge in [0, 0.05) is 41.1 Å². The molecule has 0 aliphatic carbocycles. The number of hydrogen-bond acceptors (Lipinski definition) is 6. The van der Waals surface area contributed by atoms with Gasteiger partial charge in [-0.1, -0.05) is 36.4 Å². The molecule has 2 aliphatic rings. The molecule has 4 heterocycles. The average molecular weight is 477 g/mol. The topological polar surface area (TPSA) is 72.5 Å². The van der Waals surface area contributed by atoms with Crippen molar-refractivity contribution >= 4 is 16.9 Å². The normalized spacial score (nSPS) is 16.2. The second kappa shape index (κ2) is 8.30. The number of nitrogens with one attached hydrogen (secondary N) is 1. The van der Waals surface area contributed by atoms with E-state index in [0.29, 0.717) is 5.95 Å². The molecule has 178 valence electrons. The van der Waals surface area contributed by atoms with E-state index in [0.717, 1.165) is 52.4 Å². The van der Waals surface area contributed by atoms with Gasteiger partial charge in [0.25, 0.3) is 0 Å². The van der Waals surface area contributed by atoms with Gasteiger partial charge in [-0.15, -0.1) is 0 Å². The van der Waals surface area contributed by atoms with E-state index in [1.54, 1.807) is 7.11 Å². The van der Waals surface area contributed by atoms with Crippen molar-refractivity contribution < 1.29 is 14.2 Å². The first kappa shape index (κ1) is 20.8. The number of rotatable bonds is 4. The first-order chi connectivity index (χ1) is 17.8. The smallest absolute Gasteiger partial charge is 0.231 e. The van der Waals surface area contributed by atoms with Crippen molar-refractivity contribution in [3.8, 4) is 28.4 Å². The molecule has 5 aromatic rings. The van der Waals surface area contributed by atoms with Crippen LogP contribution in [0.1, 0.15) is 22.9 Å². The minimum Gasteiger partial charge on any atom is -0.497 e. The van der Waals surface area contributed by atoms with E-state index < -0.39 is 0 Å². The Kier molecular flexibility index (Phi) is 4.80. The third-order valence-corrected chi connectivity index (χ3v) is 7.07. The maximum Gasteiger partial charge on any atom is 0.231 e. The quantitative estimate of drug-likeness (QED) is 0.369. The van der Waals surface area contributed by atoms with Crippen LogP contribution in [0.25, 0.3) is 22.0 Å². The maximum atomic E-state index is 5.71. The van der Waals surface area contributed by atoms with Crippen molar-refractivity contribution in [2.24, 2.45) is 0 Å². The van der Waals surface area contributed by atoms with Gasteiger partial charge in [-0.05, 0) is 53.4 Å². The minimum atomic E-state index is -0.0810. The summed E-state index contributed by atoms with van der Waals surface area (Å²) in [5, 5.41) is 1.27.